The van der Waals surface area contributed by atoms with Gasteiger partial charge in [-0.25, -0.2) is 0 Å². The molecule has 2 atom stereocenters. The third-order valence-corrected chi connectivity index (χ3v) is 3.19. The molecular formula is C14H14N2O4. The highest BCUT2D eigenvalue weighted by atomic mass is 16.4. The van der Waals surface area contributed by atoms with Crippen molar-refractivity contribution in [1.29, 1.82) is 0 Å². The lowest BCUT2D eigenvalue weighted by atomic mass is 9.93. The monoisotopic (exact) mass is 274 g/mol. The maximum atomic E-state index is 11.0. The Morgan fingerprint density at radius 2 is 1.15 bits per heavy atom. The predicted molar refractivity (Wildman–Crippen MR) is 73.1 cm³/mol. The standard InChI is InChI=1S/C14H14N2O4/c15-11(13(17)18)9-5-1-3-7-8(9)4-2-6-10(7)12(16)14(19)20/h1-6,11-12H,15-16H2,(H,17,18)(H,19,20). The molecule has 2 rings (SSSR count). The molecule has 6 heteroatoms. The van der Waals surface area contributed by atoms with Gasteiger partial charge in [0, 0.05) is 0 Å². The molecule has 0 amide bonds. The number of aliphatic carboxylic acids is 2. The summed E-state index contributed by atoms with van der Waals surface area (Å²) in [6.45, 7) is 0. The second kappa shape index (κ2) is 5.28. The van der Waals surface area contributed by atoms with Crippen molar-refractivity contribution in [2.75, 3.05) is 0 Å². The van der Waals surface area contributed by atoms with Crippen LogP contribution >= 0.6 is 0 Å². The molecule has 0 saturated carbocycles. The molecule has 0 bridgehead atoms. The maximum absolute atomic E-state index is 11.0. The fourth-order valence-electron chi connectivity index (χ4n) is 2.17. The van der Waals surface area contributed by atoms with Crippen LogP contribution in [0.25, 0.3) is 10.8 Å². The highest BCUT2D eigenvalue weighted by Gasteiger charge is 2.20. The molecule has 0 aliphatic rings. The molecule has 104 valence electrons. The number of fused-ring (bicyclic) bond motifs is 1. The van der Waals surface area contributed by atoms with Crippen molar-refractivity contribution in [2.24, 2.45) is 11.5 Å². The van der Waals surface area contributed by atoms with Gasteiger partial charge in [-0.15, -0.1) is 0 Å². The molecule has 2 unspecified atom stereocenters. The number of hydrogen-bond acceptors (Lipinski definition) is 4. The van der Waals surface area contributed by atoms with E-state index in [2.05, 4.69) is 0 Å². The molecule has 6 N–H and O–H groups in total. The van der Waals surface area contributed by atoms with Gasteiger partial charge in [0.1, 0.15) is 12.1 Å². The zero-order chi connectivity index (χ0) is 14.9. The Bertz CT molecular complexity index is 625. The third kappa shape index (κ3) is 2.34. The van der Waals surface area contributed by atoms with E-state index in [4.69, 9.17) is 21.7 Å². The predicted octanol–water partition coefficient (Wildman–Crippen LogP) is 1.01. The first-order valence-corrected chi connectivity index (χ1v) is 5.91. The smallest absolute Gasteiger partial charge is 0.325 e. The molecular weight excluding hydrogens is 260 g/mol. The summed E-state index contributed by atoms with van der Waals surface area (Å²) in [5, 5.41) is 19.2. The van der Waals surface area contributed by atoms with Crippen LogP contribution < -0.4 is 11.5 Å². The van der Waals surface area contributed by atoms with E-state index in [1.54, 1.807) is 36.4 Å². The van der Waals surface area contributed by atoms with Crippen LogP contribution in [0.4, 0.5) is 0 Å². The summed E-state index contributed by atoms with van der Waals surface area (Å²) in [6.07, 6.45) is 0. The Morgan fingerprint density at radius 1 is 0.800 bits per heavy atom. The van der Waals surface area contributed by atoms with Gasteiger partial charge in [-0.3, -0.25) is 9.59 Å². The van der Waals surface area contributed by atoms with Gasteiger partial charge in [0.05, 0.1) is 0 Å². The fraction of sp³-hybridized carbons (Fsp3) is 0.143. The van der Waals surface area contributed by atoms with E-state index in [0.717, 1.165) is 0 Å². The lowest BCUT2D eigenvalue weighted by Gasteiger charge is -2.15. The number of carbonyl (C=O) groups is 2. The largest absolute Gasteiger partial charge is 0.480 e. The molecule has 6 nitrogen and oxygen atoms in total. The van der Waals surface area contributed by atoms with Gasteiger partial charge in [-0.2, -0.15) is 0 Å². The van der Waals surface area contributed by atoms with Crippen LogP contribution in [0.3, 0.4) is 0 Å². The Kier molecular flexibility index (Phi) is 3.69. The molecule has 0 radical (unpaired) electrons. The minimum absolute atomic E-state index is 0.425. The fourth-order valence-corrected chi connectivity index (χ4v) is 2.17. The van der Waals surface area contributed by atoms with Gasteiger partial charge in [-0.1, -0.05) is 36.4 Å². The molecule has 0 fully saturated rings. The highest BCUT2D eigenvalue weighted by molar-refractivity contribution is 5.95. The molecule has 2 aromatic carbocycles. The molecule has 20 heavy (non-hydrogen) atoms. The Labute approximate surface area is 114 Å². The van der Waals surface area contributed by atoms with Gasteiger partial charge in [0.15, 0.2) is 0 Å². The highest BCUT2D eigenvalue weighted by Crippen LogP contribution is 2.28. The number of carboxylic acid groups (broad SMARTS) is 2. The number of hydrogen-bond donors (Lipinski definition) is 4. The molecule has 2 aromatic rings. The van der Waals surface area contributed by atoms with Crippen molar-refractivity contribution >= 4 is 22.7 Å². The zero-order valence-electron chi connectivity index (χ0n) is 10.5. The lowest BCUT2D eigenvalue weighted by molar-refractivity contribution is -0.139. The van der Waals surface area contributed by atoms with Crippen LogP contribution in [0.5, 0.6) is 0 Å². The van der Waals surface area contributed by atoms with Crippen molar-refractivity contribution in [3.63, 3.8) is 0 Å². The zero-order valence-corrected chi connectivity index (χ0v) is 10.5. The van der Waals surface area contributed by atoms with E-state index in [9.17, 15) is 9.59 Å². The van der Waals surface area contributed by atoms with E-state index in [-0.39, 0.29) is 0 Å². The van der Waals surface area contributed by atoms with Crippen LogP contribution in [0.15, 0.2) is 36.4 Å². The average Bonchev–Trinajstić information content (AvgIpc) is 2.44. The Balaban J connectivity index is 2.69. The molecule has 0 aliphatic carbocycles. The van der Waals surface area contributed by atoms with E-state index in [1.165, 1.54) is 0 Å². The van der Waals surface area contributed by atoms with Gasteiger partial charge in [-0.05, 0) is 21.9 Å². The van der Waals surface area contributed by atoms with Crippen LogP contribution in [0.2, 0.25) is 0 Å². The first-order chi connectivity index (χ1) is 9.43. The van der Waals surface area contributed by atoms with Crippen LogP contribution in [0, 0.1) is 0 Å². The van der Waals surface area contributed by atoms with Crippen molar-refractivity contribution in [3.8, 4) is 0 Å². The third-order valence-electron chi connectivity index (χ3n) is 3.19. The molecule has 0 heterocycles. The van der Waals surface area contributed by atoms with Crippen molar-refractivity contribution in [3.05, 3.63) is 47.5 Å². The summed E-state index contributed by atoms with van der Waals surface area (Å²) in [4.78, 5) is 22.1. The van der Waals surface area contributed by atoms with Crippen LogP contribution in [-0.2, 0) is 9.59 Å². The SMILES string of the molecule is NC(C(=O)O)c1cccc2c(C(N)C(=O)O)cccc12. The Morgan fingerprint density at radius 3 is 1.45 bits per heavy atom. The summed E-state index contributed by atoms with van der Waals surface area (Å²) in [7, 11) is 0. The number of rotatable bonds is 4. The normalized spacial score (nSPS) is 13.9. The lowest BCUT2D eigenvalue weighted by Crippen LogP contribution is -2.22. The average molecular weight is 274 g/mol. The van der Waals surface area contributed by atoms with E-state index in [0.29, 0.717) is 21.9 Å². The number of nitrogens with two attached hydrogens (primary N) is 2. The summed E-state index contributed by atoms with van der Waals surface area (Å²) in [5.41, 5.74) is 12.1. The quantitative estimate of drug-likeness (QED) is 0.659. The van der Waals surface area contributed by atoms with Gasteiger partial charge >= 0.3 is 11.9 Å². The molecule has 0 aliphatic heterocycles. The summed E-state index contributed by atoms with van der Waals surface area (Å²) in [6, 6.07) is 7.55. The second-order valence-electron chi connectivity index (χ2n) is 4.42. The maximum Gasteiger partial charge on any atom is 0.325 e. The minimum atomic E-state index is -1.17. The van der Waals surface area contributed by atoms with E-state index in [1.807, 2.05) is 0 Å². The topological polar surface area (TPSA) is 127 Å². The summed E-state index contributed by atoms with van der Waals surface area (Å²) >= 11 is 0. The number of carboxylic acids is 2. The van der Waals surface area contributed by atoms with Crippen LogP contribution in [0.1, 0.15) is 23.2 Å². The van der Waals surface area contributed by atoms with Gasteiger partial charge < -0.3 is 21.7 Å². The van der Waals surface area contributed by atoms with Gasteiger partial charge in [0.25, 0.3) is 0 Å². The molecule has 0 saturated heterocycles. The number of benzene rings is 2. The van der Waals surface area contributed by atoms with Crippen LogP contribution in [-0.4, -0.2) is 22.2 Å². The van der Waals surface area contributed by atoms with E-state index < -0.39 is 24.0 Å². The second-order valence-corrected chi connectivity index (χ2v) is 4.42. The molecule has 0 aromatic heterocycles. The summed E-state index contributed by atoms with van der Waals surface area (Å²) in [5.74, 6) is -2.30. The van der Waals surface area contributed by atoms with Crippen molar-refractivity contribution < 1.29 is 19.8 Å². The Hall–Kier alpha value is -2.44. The summed E-state index contributed by atoms with van der Waals surface area (Å²) < 4.78 is 0. The van der Waals surface area contributed by atoms with Gasteiger partial charge in [0.2, 0.25) is 0 Å². The molecule has 0 spiro atoms. The van der Waals surface area contributed by atoms with E-state index >= 15 is 0 Å². The first kappa shape index (κ1) is 14.0. The minimum Gasteiger partial charge on any atom is -0.480 e. The van der Waals surface area contributed by atoms with Crippen molar-refractivity contribution in [1.82, 2.24) is 0 Å². The van der Waals surface area contributed by atoms with Crippen molar-refractivity contribution in [2.45, 2.75) is 12.1 Å². The first-order valence-electron chi connectivity index (χ1n) is 5.91.